The highest BCUT2D eigenvalue weighted by atomic mass is 16.6. The summed E-state index contributed by atoms with van der Waals surface area (Å²) in [6.07, 6.45) is 1.94. The Morgan fingerprint density at radius 1 is 1.58 bits per heavy atom. The molecule has 1 aliphatic rings. The first kappa shape index (κ1) is 7.76. The Labute approximate surface area is 71.1 Å². The molecule has 1 aliphatic heterocycles. The lowest BCUT2D eigenvalue weighted by molar-refractivity contribution is -0.0919. The second-order valence-corrected chi connectivity index (χ2v) is 2.85. The summed E-state index contributed by atoms with van der Waals surface area (Å²) >= 11 is 0. The fourth-order valence-corrected chi connectivity index (χ4v) is 1.26. The van der Waals surface area contributed by atoms with Crippen LogP contribution in [0.4, 0.5) is 0 Å². The van der Waals surface area contributed by atoms with Crippen LogP contribution in [0, 0.1) is 0 Å². The number of rotatable bonds is 1. The molecule has 0 amide bonds. The zero-order valence-electron chi connectivity index (χ0n) is 7.06. The van der Waals surface area contributed by atoms with Crippen LogP contribution < -0.4 is 0 Å². The molecule has 1 fully saturated rings. The Morgan fingerprint density at radius 2 is 2.50 bits per heavy atom. The van der Waals surface area contributed by atoms with Gasteiger partial charge in [0.2, 0.25) is 0 Å². The van der Waals surface area contributed by atoms with Gasteiger partial charge in [-0.3, -0.25) is 4.68 Å². The highest BCUT2D eigenvalue weighted by molar-refractivity contribution is 5.03. The predicted molar refractivity (Wildman–Crippen MR) is 42.7 cm³/mol. The molecule has 0 aromatic carbocycles. The molecule has 2 rings (SSSR count). The van der Waals surface area contributed by atoms with Crippen LogP contribution in [0.2, 0.25) is 0 Å². The maximum Gasteiger partial charge on any atom is 0.125 e. The van der Waals surface area contributed by atoms with Gasteiger partial charge in [0.05, 0.1) is 25.5 Å². The van der Waals surface area contributed by atoms with Crippen molar-refractivity contribution < 1.29 is 9.47 Å². The highest BCUT2D eigenvalue weighted by Crippen LogP contribution is 2.17. The second-order valence-electron chi connectivity index (χ2n) is 2.85. The normalized spacial score (nSPS) is 24.2. The molecule has 0 spiro atoms. The number of aryl methyl sites for hydroxylation is 1. The van der Waals surface area contributed by atoms with E-state index >= 15 is 0 Å². The number of hydrogen-bond acceptors (Lipinski definition) is 3. The molecule has 4 heteroatoms. The SMILES string of the molecule is Cn1ccc(C2COCCO2)n1. The van der Waals surface area contributed by atoms with Crippen molar-refractivity contribution in [2.75, 3.05) is 19.8 Å². The molecular formula is C8H12N2O2. The Morgan fingerprint density at radius 3 is 3.08 bits per heavy atom. The van der Waals surface area contributed by atoms with Gasteiger partial charge >= 0.3 is 0 Å². The van der Waals surface area contributed by atoms with Crippen LogP contribution >= 0.6 is 0 Å². The quantitative estimate of drug-likeness (QED) is 0.613. The monoisotopic (exact) mass is 168 g/mol. The molecule has 0 N–H and O–H groups in total. The van der Waals surface area contributed by atoms with Gasteiger partial charge in [-0.15, -0.1) is 0 Å². The van der Waals surface area contributed by atoms with E-state index in [9.17, 15) is 0 Å². The maximum atomic E-state index is 5.48. The van der Waals surface area contributed by atoms with Crippen LogP contribution in [0.1, 0.15) is 11.8 Å². The Hall–Kier alpha value is -0.870. The Balaban J connectivity index is 2.08. The molecule has 0 radical (unpaired) electrons. The lowest BCUT2D eigenvalue weighted by atomic mass is 10.2. The number of hydrogen-bond donors (Lipinski definition) is 0. The van der Waals surface area contributed by atoms with Crippen molar-refractivity contribution in [1.82, 2.24) is 9.78 Å². The van der Waals surface area contributed by atoms with Gasteiger partial charge in [-0.2, -0.15) is 5.10 Å². The molecule has 0 saturated carbocycles. The van der Waals surface area contributed by atoms with Crippen molar-refractivity contribution in [3.8, 4) is 0 Å². The Bertz CT molecular complexity index is 253. The van der Waals surface area contributed by atoms with Gasteiger partial charge in [-0.25, -0.2) is 0 Å². The van der Waals surface area contributed by atoms with Crippen molar-refractivity contribution >= 4 is 0 Å². The average molecular weight is 168 g/mol. The molecule has 0 aliphatic carbocycles. The third kappa shape index (κ3) is 1.49. The van der Waals surface area contributed by atoms with E-state index in [1.165, 1.54) is 0 Å². The van der Waals surface area contributed by atoms with E-state index in [4.69, 9.17) is 9.47 Å². The molecular weight excluding hydrogens is 156 g/mol. The number of ether oxygens (including phenoxy) is 2. The summed E-state index contributed by atoms with van der Waals surface area (Å²) in [6, 6.07) is 1.96. The summed E-state index contributed by atoms with van der Waals surface area (Å²) in [5.41, 5.74) is 0.956. The van der Waals surface area contributed by atoms with E-state index in [1.54, 1.807) is 4.68 Å². The van der Waals surface area contributed by atoms with Crippen LogP contribution in [0.3, 0.4) is 0 Å². The molecule has 12 heavy (non-hydrogen) atoms. The maximum absolute atomic E-state index is 5.48. The first-order valence-electron chi connectivity index (χ1n) is 4.05. The van der Waals surface area contributed by atoms with Gasteiger partial charge in [-0.05, 0) is 6.07 Å². The third-order valence-electron chi connectivity index (χ3n) is 1.88. The van der Waals surface area contributed by atoms with Gasteiger partial charge in [-0.1, -0.05) is 0 Å². The average Bonchev–Trinajstić information content (AvgIpc) is 2.54. The largest absolute Gasteiger partial charge is 0.376 e. The first-order valence-corrected chi connectivity index (χ1v) is 4.05. The zero-order chi connectivity index (χ0) is 8.39. The molecule has 1 atom stereocenters. The van der Waals surface area contributed by atoms with Crippen LogP contribution in [0.15, 0.2) is 12.3 Å². The molecule has 1 saturated heterocycles. The number of aromatic nitrogens is 2. The predicted octanol–water partition coefficient (Wildman–Crippen LogP) is 0.508. The van der Waals surface area contributed by atoms with Crippen LogP contribution in [-0.2, 0) is 16.5 Å². The zero-order valence-corrected chi connectivity index (χ0v) is 7.06. The molecule has 2 heterocycles. The summed E-state index contributed by atoms with van der Waals surface area (Å²) < 4.78 is 12.5. The summed E-state index contributed by atoms with van der Waals surface area (Å²) in [6.45, 7) is 1.99. The van der Waals surface area contributed by atoms with Crippen molar-refractivity contribution in [2.45, 2.75) is 6.10 Å². The van der Waals surface area contributed by atoms with Gasteiger partial charge in [0.15, 0.2) is 0 Å². The molecule has 1 aromatic rings. The van der Waals surface area contributed by atoms with Crippen molar-refractivity contribution in [1.29, 1.82) is 0 Å². The molecule has 66 valence electrons. The van der Waals surface area contributed by atoms with Crippen LogP contribution in [0.5, 0.6) is 0 Å². The van der Waals surface area contributed by atoms with Gasteiger partial charge in [0, 0.05) is 13.2 Å². The number of nitrogens with zero attached hydrogens (tertiary/aromatic N) is 2. The lowest BCUT2D eigenvalue weighted by Gasteiger charge is -2.20. The van der Waals surface area contributed by atoms with Gasteiger partial charge in [0.25, 0.3) is 0 Å². The minimum Gasteiger partial charge on any atom is -0.376 e. The topological polar surface area (TPSA) is 36.3 Å². The van der Waals surface area contributed by atoms with Crippen molar-refractivity contribution in [2.24, 2.45) is 7.05 Å². The minimum absolute atomic E-state index is 0.0277. The second kappa shape index (κ2) is 3.25. The Kier molecular flexibility index (Phi) is 2.10. The van der Waals surface area contributed by atoms with E-state index < -0.39 is 0 Å². The summed E-state index contributed by atoms with van der Waals surface area (Å²) in [4.78, 5) is 0. The van der Waals surface area contributed by atoms with Gasteiger partial charge in [0.1, 0.15) is 6.10 Å². The lowest BCUT2D eigenvalue weighted by Crippen LogP contribution is -2.22. The first-order chi connectivity index (χ1) is 5.86. The van der Waals surface area contributed by atoms with Gasteiger partial charge < -0.3 is 9.47 Å². The van der Waals surface area contributed by atoms with E-state index in [-0.39, 0.29) is 6.10 Å². The van der Waals surface area contributed by atoms with E-state index in [1.807, 2.05) is 19.3 Å². The fourth-order valence-electron chi connectivity index (χ4n) is 1.26. The van der Waals surface area contributed by atoms with E-state index in [0.717, 1.165) is 5.69 Å². The standard InChI is InChI=1S/C8H12N2O2/c1-10-3-2-7(9-10)8-6-11-4-5-12-8/h2-3,8H,4-6H2,1H3. The van der Waals surface area contributed by atoms with Crippen LogP contribution in [0.25, 0.3) is 0 Å². The molecule has 1 unspecified atom stereocenters. The smallest absolute Gasteiger partial charge is 0.125 e. The van der Waals surface area contributed by atoms with E-state index in [0.29, 0.717) is 19.8 Å². The van der Waals surface area contributed by atoms with Crippen molar-refractivity contribution in [3.05, 3.63) is 18.0 Å². The summed E-state index contributed by atoms with van der Waals surface area (Å²) in [5.74, 6) is 0. The highest BCUT2D eigenvalue weighted by Gasteiger charge is 2.18. The molecule has 4 nitrogen and oxygen atoms in total. The summed E-state index contributed by atoms with van der Waals surface area (Å²) in [7, 11) is 1.90. The van der Waals surface area contributed by atoms with E-state index in [2.05, 4.69) is 5.10 Å². The van der Waals surface area contributed by atoms with Crippen LogP contribution in [-0.4, -0.2) is 29.6 Å². The minimum atomic E-state index is 0.0277. The molecule has 0 bridgehead atoms. The summed E-state index contributed by atoms with van der Waals surface area (Å²) in [5, 5.41) is 4.25. The van der Waals surface area contributed by atoms with Crippen molar-refractivity contribution in [3.63, 3.8) is 0 Å². The third-order valence-corrected chi connectivity index (χ3v) is 1.88. The fraction of sp³-hybridized carbons (Fsp3) is 0.625. The molecule has 1 aromatic heterocycles.